The van der Waals surface area contributed by atoms with Gasteiger partial charge >= 0.3 is 0 Å². The predicted octanol–water partition coefficient (Wildman–Crippen LogP) is 2.18. The lowest BCUT2D eigenvalue weighted by atomic mass is 10.00. The van der Waals surface area contributed by atoms with E-state index in [9.17, 15) is 0 Å². The number of aliphatic hydroxyl groups excluding tert-OH is 1. The second-order valence-corrected chi connectivity index (χ2v) is 5.27. The first kappa shape index (κ1) is 13.7. The minimum Gasteiger partial charge on any atom is -0.396 e. The van der Waals surface area contributed by atoms with Crippen molar-refractivity contribution < 1.29 is 5.11 Å². The van der Waals surface area contributed by atoms with Crippen LogP contribution >= 0.6 is 11.6 Å². The second-order valence-electron chi connectivity index (χ2n) is 4.88. The minimum atomic E-state index is 0.247. The van der Waals surface area contributed by atoms with Crippen LogP contribution in [0, 0.1) is 6.92 Å². The molecular weight excluding hydrogens is 250 g/mol. The summed E-state index contributed by atoms with van der Waals surface area (Å²) in [6, 6.07) is 2.22. The molecule has 2 rings (SSSR count). The highest BCUT2D eigenvalue weighted by atomic mass is 35.5. The maximum Gasteiger partial charge on any atom is 0.144 e. The van der Waals surface area contributed by atoms with Crippen molar-refractivity contribution in [2.75, 3.05) is 13.2 Å². The Bertz CT molecular complexity index is 378. The predicted molar refractivity (Wildman–Crippen MR) is 71.5 cm³/mol. The topological polar surface area (TPSA) is 49.2 Å². The SMILES string of the molecule is Cc1cc(Cl)nc(CN2CCCCC2CCO)n1. The lowest BCUT2D eigenvalue weighted by Gasteiger charge is -2.34. The summed E-state index contributed by atoms with van der Waals surface area (Å²) in [4.78, 5) is 11.1. The van der Waals surface area contributed by atoms with Gasteiger partial charge in [0.15, 0.2) is 0 Å². The van der Waals surface area contributed by atoms with Gasteiger partial charge in [-0.15, -0.1) is 0 Å². The number of aromatic nitrogens is 2. The molecule has 5 heteroatoms. The molecule has 0 aliphatic carbocycles. The second kappa shape index (κ2) is 6.45. The summed E-state index contributed by atoms with van der Waals surface area (Å²) in [7, 11) is 0. The van der Waals surface area contributed by atoms with Crippen LogP contribution in [0.3, 0.4) is 0 Å². The molecule has 0 radical (unpaired) electrons. The fourth-order valence-electron chi connectivity index (χ4n) is 2.59. The maximum absolute atomic E-state index is 9.11. The molecule has 1 saturated heterocycles. The molecule has 0 amide bonds. The number of hydrogen-bond donors (Lipinski definition) is 1. The highest BCUT2D eigenvalue weighted by molar-refractivity contribution is 6.29. The third-order valence-corrected chi connectivity index (χ3v) is 3.62. The molecule has 1 aliphatic rings. The van der Waals surface area contributed by atoms with Gasteiger partial charge in [0.2, 0.25) is 0 Å². The Labute approximate surface area is 113 Å². The van der Waals surface area contributed by atoms with Gasteiger partial charge < -0.3 is 5.11 Å². The number of rotatable bonds is 4. The van der Waals surface area contributed by atoms with Crippen LogP contribution < -0.4 is 0 Å². The number of piperidine rings is 1. The molecule has 0 aromatic carbocycles. The van der Waals surface area contributed by atoms with Gasteiger partial charge in [-0.1, -0.05) is 18.0 Å². The summed E-state index contributed by atoms with van der Waals surface area (Å²) in [5.41, 5.74) is 0.903. The summed E-state index contributed by atoms with van der Waals surface area (Å²) in [5.74, 6) is 0.782. The van der Waals surface area contributed by atoms with Crippen molar-refractivity contribution in [2.45, 2.75) is 45.2 Å². The van der Waals surface area contributed by atoms with Crippen molar-refractivity contribution in [2.24, 2.45) is 0 Å². The van der Waals surface area contributed by atoms with Crippen molar-refractivity contribution in [3.05, 3.63) is 22.7 Å². The molecule has 0 saturated carbocycles. The quantitative estimate of drug-likeness (QED) is 0.851. The number of hydrogen-bond acceptors (Lipinski definition) is 4. The highest BCUT2D eigenvalue weighted by Gasteiger charge is 2.22. The van der Waals surface area contributed by atoms with Crippen LogP contribution in [0.2, 0.25) is 5.15 Å². The molecule has 1 aromatic heterocycles. The van der Waals surface area contributed by atoms with Gasteiger partial charge in [-0.2, -0.15) is 0 Å². The van der Waals surface area contributed by atoms with Gasteiger partial charge in [-0.25, -0.2) is 9.97 Å². The van der Waals surface area contributed by atoms with Crippen molar-refractivity contribution in [3.63, 3.8) is 0 Å². The van der Waals surface area contributed by atoms with E-state index < -0.39 is 0 Å². The minimum absolute atomic E-state index is 0.247. The zero-order chi connectivity index (χ0) is 13.0. The average Bonchev–Trinajstić information content (AvgIpc) is 2.30. The third kappa shape index (κ3) is 3.64. The molecule has 0 bridgehead atoms. The summed E-state index contributed by atoms with van der Waals surface area (Å²) < 4.78 is 0. The van der Waals surface area contributed by atoms with Gasteiger partial charge in [-0.3, -0.25) is 4.90 Å². The summed E-state index contributed by atoms with van der Waals surface area (Å²) in [6.07, 6.45) is 4.44. The normalized spacial score (nSPS) is 21.2. The fourth-order valence-corrected chi connectivity index (χ4v) is 2.84. The van der Waals surface area contributed by atoms with Crippen LogP contribution in [0.15, 0.2) is 6.07 Å². The van der Waals surface area contributed by atoms with Gasteiger partial charge in [-0.05, 0) is 38.8 Å². The van der Waals surface area contributed by atoms with Crippen molar-refractivity contribution >= 4 is 11.6 Å². The van der Waals surface area contributed by atoms with Crippen LogP contribution in [-0.2, 0) is 6.54 Å². The van der Waals surface area contributed by atoms with Crippen LogP contribution in [0.4, 0.5) is 0 Å². The van der Waals surface area contributed by atoms with E-state index in [1.807, 2.05) is 6.92 Å². The molecule has 1 aromatic rings. The zero-order valence-electron chi connectivity index (χ0n) is 10.8. The molecule has 18 heavy (non-hydrogen) atoms. The van der Waals surface area contributed by atoms with Crippen molar-refractivity contribution in [1.82, 2.24) is 14.9 Å². The number of aryl methyl sites for hydroxylation is 1. The first-order valence-electron chi connectivity index (χ1n) is 6.54. The Morgan fingerprint density at radius 1 is 1.44 bits per heavy atom. The van der Waals surface area contributed by atoms with E-state index in [1.54, 1.807) is 6.07 Å². The van der Waals surface area contributed by atoms with Gasteiger partial charge in [0.05, 0.1) is 6.54 Å². The van der Waals surface area contributed by atoms with Crippen molar-refractivity contribution in [3.8, 4) is 0 Å². The van der Waals surface area contributed by atoms with Crippen LogP contribution in [0.5, 0.6) is 0 Å². The molecule has 1 fully saturated rings. The van der Waals surface area contributed by atoms with E-state index in [2.05, 4.69) is 14.9 Å². The Morgan fingerprint density at radius 3 is 3.00 bits per heavy atom. The highest BCUT2D eigenvalue weighted by Crippen LogP contribution is 2.21. The summed E-state index contributed by atoms with van der Waals surface area (Å²) in [6.45, 7) is 3.96. The van der Waals surface area contributed by atoms with Gasteiger partial charge in [0.1, 0.15) is 11.0 Å². The Kier molecular flexibility index (Phi) is 4.92. The Hall–Kier alpha value is -0.710. The zero-order valence-corrected chi connectivity index (χ0v) is 11.5. The van der Waals surface area contributed by atoms with Crippen LogP contribution in [0.25, 0.3) is 0 Å². The maximum atomic E-state index is 9.11. The lowest BCUT2D eigenvalue weighted by Crippen LogP contribution is -2.39. The van der Waals surface area contributed by atoms with E-state index in [-0.39, 0.29) is 6.61 Å². The molecule has 1 unspecified atom stereocenters. The first-order valence-corrected chi connectivity index (χ1v) is 6.92. The number of aliphatic hydroxyl groups is 1. The number of nitrogens with zero attached hydrogens (tertiary/aromatic N) is 3. The average molecular weight is 270 g/mol. The molecule has 4 nitrogen and oxygen atoms in total. The van der Waals surface area contributed by atoms with Crippen molar-refractivity contribution in [1.29, 1.82) is 0 Å². The molecular formula is C13H20ClN3O. The van der Waals surface area contributed by atoms with Gasteiger partial charge in [0, 0.05) is 18.3 Å². The fraction of sp³-hybridized carbons (Fsp3) is 0.692. The molecule has 100 valence electrons. The van der Waals surface area contributed by atoms with E-state index in [1.165, 1.54) is 12.8 Å². The number of likely N-dealkylation sites (tertiary alicyclic amines) is 1. The van der Waals surface area contributed by atoms with Crippen LogP contribution in [0.1, 0.15) is 37.2 Å². The monoisotopic (exact) mass is 269 g/mol. The lowest BCUT2D eigenvalue weighted by molar-refractivity contribution is 0.109. The Balaban J connectivity index is 2.05. The van der Waals surface area contributed by atoms with E-state index in [4.69, 9.17) is 16.7 Å². The van der Waals surface area contributed by atoms with Crippen LogP contribution in [-0.4, -0.2) is 39.2 Å². The van der Waals surface area contributed by atoms with E-state index >= 15 is 0 Å². The third-order valence-electron chi connectivity index (χ3n) is 3.43. The first-order chi connectivity index (χ1) is 8.69. The van der Waals surface area contributed by atoms with Gasteiger partial charge in [0.25, 0.3) is 0 Å². The standard InChI is InChI=1S/C13H20ClN3O/c1-10-8-12(14)16-13(15-10)9-17-6-3-2-4-11(17)5-7-18/h8,11,18H,2-7,9H2,1H3. The molecule has 2 heterocycles. The van der Waals surface area contributed by atoms with E-state index in [0.29, 0.717) is 11.2 Å². The molecule has 1 N–H and O–H groups in total. The molecule has 1 aliphatic heterocycles. The molecule has 1 atom stereocenters. The Morgan fingerprint density at radius 2 is 2.28 bits per heavy atom. The smallest absolute Gasteiger partial charge is 0.144 e. The number of halogens is 1. The summed E-state index contributed by atoms with van der Waals surface area (Å²) >= 11 is 5.96. The molecule has 0 spiro atoms. The largest absolute Gasteiger partial charge is 0.396 e. The summed E-state index contributed by atoms with van der Waals surface area (Å²) in [5, 5.41) is 9.62. The van der Waals surface area contributed by atoms with E-state index in [0.717, 1.165) is 37.4 Å².